The molecule has 5 nitrogen and oxygen atoms in total. The first-order valence-corrected chi connectivity index (χ1v) is 4.95. The third-order valence-corrected chi connectivity index (χ3v) is 2.79. The smallest absolute Gasteiger partial charge is 0.248 e. The SMILES string of the molecule is CN1CCN(N(C)S(=O)O)CC1. The molecular formula is C6H15N3O2S. The van der Waals surface area contributed by atoms with Crippen molar-refractivity contribution in [1.82, 2.24) is 14.3 Å². The fourth-order valence-corrected chi connectivity index (χ4v) is 1.54. The summed E-state index contributed by atoms with van der Waals surface area (Å²) in [4.78, 5) is 2.20. The molecule has 1 aliphatic rings. The molecule has 12 heavy (non-hydrogen) atoms. The second-order valence-electron chi connectivity index (χ2n) is 2.95. The van der Waals surface area contributed by atoms with Crippen molar-refractivity contribution < 1.29 is 8.76 Å². The Kier molecular flexibility index (Phi) is 3.60. The topological polar surface area (TPSA) is 47.0 Å². The molecule has 1 unspecified atom stereocenters. The fourth-order valence-electron chi connectivity index (χ4n) is 1.18. The number of piperazine rings is 1. The van der Waals surface area contributed by atoms with Crippen molar-refractivity contribution >= 4 is 11.3 Å². The van der Waals surface area contributed by atoms with E-state index in [9.17, 15) is 4.21 Å². The quantitative estimate of drug-likeness (QED) is 0.584. The van der Waals surface area contributed by atoms with Gasteiger partial charge in [0.1, 0.15) is 0 Å². The Hall–Kier alpha value is -0.0100. The lowest BCUT2D eigenvalue weighted by molar-refractivity contribution is 0.0313. The highest BCUT2D eigenvalue weighted by Gasteiger charge is 2.19. The molecule has 0 aromatic heterocycles. The van der Waals surface area contributed by atoms with E-state index in [1.165, 1.54) is 4.41 Å². The van der Waals surface area contributed by atoms with Gasteiger partial charge < -0.3 is 4.90 Å². The van der Waals surface area contributed by atoms with Crippen LogP contribution in [-0.2, 0) is 11.3 Å². The van der Waals surface area contributed by atoms with Crippen LogP contribution in [0, 0.1) is 0 Å². The van der Waals surface area contributed by atoms with E-state index < -0.39 is 11.3 Å². The Balaban J connectivity index is 2.39. The molecule has 72 valence electrons. The van der Waals surface area contributed by atoms with Gasteiger partial charge in [0.05, 0.1) is 0 Å². The largest absolute Gasteiger partial charge is 0.304 e. The summed E-state index contributed by atoms with van der Waals surface area (Å²) in [6.45, 7) is 3.53. The molecule has 1 aliphatic heterocycles. The number of hydrazine groups is 1. The van der Waals surface area contributed by atoms with Gasteiger partial charge in [0.25, 0.3) is 0 Å². The van der Waals surface area contributed by atoms with Gasteiger partial charge in [-0.3, -0.25) is 4.55 Å². The number of nitrogens with zero attached hydrogens (tertiary/aromatic N) is 3. The van der Waals surface area contributed by atoms with Crippen LogP contribution in [0.4, 0.5) is 0 Å². The van der Waals surface area contributed by atoms with Crippen LogP contribution < -0.4 is 0 Å². The second kappa shape index (κ2) is 4.29. The van der Waals surface area contributed by atoms with Gasteiger partial charge in [0.2, 0.25) is 11.3 Å². The van der Waals surface area contributed by atoms with Crippen molar-refractivity contribution in [2.45, 2.75) is 0 Å². The third-order valence-electron chi connectivity index (χ3n) is 2.10. The summed E-state index contributed by atoms with van der Waals surface area (Å²) in [6.07, 6.45) is 0. The van der Waals surface area contributed by atoms with E-state index in [1.54, 1.807) is 7.05 Å². The highest BCUT2D eigenvalue weighted by atomic mass is 32.2. The van der Waals surface area contributed by atoms with Crippen molar-refractivity contribution in [3.8, 4) is 0 Å². The summed E-state index contributed by atoms with van der Waals surface area (Å²) >= 11 is -1.88. The van der Waals surface area contributed by atoms with Crippen molar-refractivity contribution in [1.29, 1.82) is 0 Å². The number of rotatable bonds is 2. The van der Waals surface area contributed by atoms with Crippen LogP contribution in [0.1, 0.15) is 0 Å². The molecule has 0 aliphatic carbocycles. The fraction of sp³-hybridized carbons (Fsp3) is 1.00. The van der Waals surface area contributed by atoms with Gasteiger partial charge >= 0.3 is 0 Å². The van der Waals surface area contributed by atoms with Crippen LogP contribution in [0.15, 0.2) is 0 Å². The van der Waals surface area contributed by atoms with Gasteiger partial charge in [-0.1, -0.05) is 0 Å². The zero-order valence-corrected chi connectivity index (χ0v) is 8.25. The minimum absolute atomic E-state index is 0.819. The number of hydrogen-bond acceptors (Lipinski definition) is 3. The van der Waals surface area contributed by atoms with E-state index in [2.05, 4.69) is 4.90 Å². The van der Waals surface area contributed by atoms with Gasteiger partial charge in [0.15, 0.2) is 0 Å². The van der Waals surface area contributed by atoms with E-state index >= 15 is 0 Å². The minimum atomic E-state index is -1.88. The molecule has 0 bridgehead atoms. The van der Waals surface area contributed by atoms with Gasteiger partial charge in [0, 0.05) is 33.2 Å². The molecule has 1 rings (SSSR count). The van der Waals surface area contributed by atoms with E-state index in [4.69, 9.17) is 4.55 Å². The third kappa shape index (κ3) is 2.49. The maximum absolute atomic E-state index is 10.7. The first-order chi connectivity index (χ1) is 5.61. The highest BCUT2D eigenvalue weighted by Crippen LogP contribution is 2.02. The standard InChI is InChI=1S/C6H15N3O2S/c1-7-3-5-9(6-4-7)8(2)12(10)11/h3-6H2,1-2H3,(H,10,11). The molecule has 0 amide bonds. The monoisotopic (exact) mass is 193 g/mol. The highest BCUT2D eigenvalue weighted by molar-refractivity contribution is 7.76. The van der Waals surface area contributed by atoms with Crippen LogP contribution in [0.25, 0.3) is 0 Å². The van der Waals surface area contributed by atoms with Gasteiger partial charge in [-0.05, 0) is 7.05 Å². The molecule has 1 atom stereocenters. The summed E-state index contributed by atoms with van der Waals surface area (Å²) in [6, 6.07) is 0. The Morgan fingerprint density at radius 2 is 1.83 bits per heavy atom. The van der Waals surface area contributed by atoms with E-state index in [-0.39, 0.29) is 0 Å². The first kappa shape index (κ1) is 10.1. The Morgan fingerprint density at radius 1 is 1.33 bits per heavy atom. The molecule has 1 N–H and O–H groups in total. The first-order valence-electron chi connectivity index (χ1n) is 3.89. The van der Waals surface area contributed by atoms with E-state index in [0.717, 1.165) is 26.2 Å². The van der Waals surface area contributed by atoms with E-state index in [1.807, 2.05) is 12.1 Å². The normalized spacial score (nSPS) is 24.7. The summed E-state index contributed by atoms with van der Waals surface area (Å²) < 4.78 is 20.8. The zero-order chi connectivity index (χ0) is 9.14. The predicted octanol–water partition coefficient (Wildman–Crippen LogP) is -0.783. The average molecular weight is 193 g/mol. The van der Waals surface area contributed by atoms with Crippen molar-refractivity contribution in [3.05, 3.63) is 0 Å². The van der Waals surface area contributed by atoms with Gasteiger partial charge in [-0.15, -0.1) is 4.41 Å². The van der Waals surface area contributed by atoms with Crippen molar-refractivity contribution in [3.63, 3.8) is 0 Å². The number of hydrogen-bond donors (Lipinski definition) is 1. The van der Waals surface area contributed by atoms with Crippen LogP contribution in [0.3, 0.4) is 0 Å². The average Bonchev–Trinajstić information content (AvgIpc) is 2.04. The molecule has 1 heterocycles. The predicted molar refractivity (Wildman–Crippen MR) is 47.6 cm³/mol. The van der Waals surface area contributed by atoms with Crippen molar-refractivity contribution in [2.75, 3.05) is 40.3 Å². The van der Waals surface area contributed by atoms with Gasteiger partial charge in [-0.2, -0.15) is 0 Å². The van der Waals surface area contributed by atoms with E-state index in [0.29, 0.717) is 0 Å². The lowest BCUT2D eigenvalue weighted by atomic mass is 10.4. The Morgan fingerprint density at radius 3 is 2.25 bits per heavy atom. The molecule has 0 saturated carbocycles. The van der Waals surface area contributed by atoms with Gasteiger partial charge in [-0.25, -0.2) is 9.22 Å². The summed E-state index contributed by atoms with van der Waals surface area (Å²) in [5.74, 6) is 0. The summed E-state index contributed by atoms with van der Waals surface area (Å²) in [5, 5.41) is 1.89. The molecule has 0 aromatic rings. The molecule has 1 saturated heterocycles. The zero-order valence-electron chi connectivity index (χ0n) is 7.43. The number of likely N-dealkylation sites (N-methyl/N-ethyl adjacent to an activating group) is 1. The lowest BCUT2D eigenvalue weighted by Gasteiger charge is -2.35. The Labute approximate surface area is 75.3 Å². The maximum atomic E-state index is 10.7. The van der Waals surface area contributed by atoms with Crippen LogP contribution in [-0.4, -0.2) is 63.4 Å². The molecule has 0 spiro atoms. The summed E-state index contributed by atoms with van der Waals surface area (Å²) in [5.41, 5.74) is 0. The van der Waals surface area contributed by atoms with Crippen LogP contribution >= 0.6 is 0 Å². The van der Waals surface area contributed by atoms with Crippen LogP contribution in [0.5, 0.6) is 0 Å². The molecule has 0 radical (unpaired) electrons. The maximum Gasteiger partial charge on any atom is 0.248 e. The van der Waals surface area contributed by atoms with Crippen molar-refractivity contribution in [2.24, 2.45) is 0 Å². The minimum Gasteiger partial charge on any atom is -0.304 e. The molecule has 0 aromatic carbocycles. The molecular weight excluding hydrogens is 178 g/mol. The lowest BCUT2D eigenvalue weighted by Crippen LogP contribution is -2.51. The molecule has 6 heteroatoms. The Bertz CT molecular complexity index is 170. The second-order valence-corrected chi connectivity index (χ2v) is 3.94. The van der Waals surface area contributed by atoms with Crippen LogP contribution in [0.2, 0.25) is 0 Å². The summed E-state index contributed by atoms with van der Waals surface area (Å²) in [7, 11) is 3.68. The molecule has 1 fully saturated rings.